The maximum Gasteiger partial charge on any atom is 1.00 e. The summed E-state index contributed by atoms with van der Waals surface area (Å²) in [5.41, 5.74) is 0. The van der Waals surface area contributed by atoms with E-state index in [4.69, 9.17) is 19.2 Å². The van der Waals surface area contributed by atoms with E-state index in [1.807, 2.05) is 0 Å². The quantitative estimate of drug-likeness (QED) is 0.250. The van der Waals surface area contributed by atoms with E-state index in [0.717, 1.165) is 9.55 Å². The predicted molar refractivity (Wildman–Crippen MR) is 23.2 cm³/mol. The van der Waals surface area contributed by atoms with Crippen LogP contribution >= 0.6 is 9.55 Å². The monoisotopic (exact) mass is 170 g/mol. The van der Waals surface area contributed by atoms with Crippen molar-refractivity contribution in [1.82, 2.24) is 0 Å². The van der Waals surface area contributed by atoms with Crippen LogP contribution in [0.25, 0.3) is 0 Å². The second kappa shape index (κ2) is 8.42. The molecule has 0 radical (unpaired) electrons. The summed E-state index contributed by atoms with van der Waals surface area (Å²) in [6, 6.07) is 0. The number of hydrogen-bond acceptors (Lipinski definition) is 4. The second-order valence-electron chi connectivity index (χ2n) is 0.574. The molecule has 0 bridgehead atoms. The largest absolute Gasteiger partial charge is 1.00 e. The van der Waals surface area contributed by atoms with Gasteiger partial charge in [0.1, 0.15) is 0 Å². The standard InChI is InChI=1S/FH2P.Na.H3O4Si/c1-2;;1-5(2,3)4/h2H2;;1-3H/q;+1;-1. The molecule has 4 nitrogen and oxygen atoms in total. The molecule has 0 rings (SSSR count). The number of rotatable bonds is 0. The molecule has 1 atom stereocenters. The summed E-state index contributed by atoms with van der Waals surface area (Å²) in [4.78, 5) is 30.6. The molecular weight excluding hydrogens is 165 g/mol. The first kappa shape index (κ1) is 16.2. The number of halogens is 1. The Balaban J connectivity index is -0.0000000750. The summed E-state index contributed by atoms with van der Waals surface area (Å²) < 4.78 is 9.42. The minimum atomic E-state index is -4.86. The van der Waals surface area contributed by atoms with Crippen molar-refractivity contribution in [1.29, 1.82) is 0 Å². The zero-order valence-electron chi connectivity index (χ0n) is 4.21. The maximum atomic E-state index is 9.42. The van der Waals surface area contributed by atoms with Gasteiger partial charge in [-0.1, -0.05) is 0 Å². The summed E-state index contributed by atoms with van der Waals surface area (Å²) in [7, 11) is -3.94. The molecule has 0 aromatic rings. The van der Waals surface area contributed by atoms with Crippen LogP contribution in [0.3, 0.4) is 0 Å². The maximum absolute atomic E-state index is 9.42. The van der Waals surface area contributed by atoms with Crippen LogP contribution in [-0.2, 0) is 0 Å². The molecule has 0 fully saturated rings. The smallest absolute Gasteiger partial charge is 0.794 e. The molecule has 46 valence electrons. The molecule has 1 unspecified atom stereocenters. The van der Waals surface area contributed by atoms with Crippen LogP contribution in [0.15, 0.2) is 0 Å². The summed E-state index contributed by atoms with van der Waals surface area (Å²) in [6.07, 6.45) is 0. The van der Waals surface area contributed by atoms with Crippen molar-refractivity contribution in [3.8, 4) is 0 Å². The summed E-state index contributed by atoms with van der Waals surface area (Å²) in [6.45, 7) is 0. The van der Waals surface area contributed by atoms with Crippen LogP contribution in [0.5, 0.6) is 0 Å². The zero-order chi connectivity index (χ0) is 6.50. The second-order valence-corrected chi connectivity index (χ2v) is 1.72. The van der Waals surface area contributed by atoms with Gasteiger partial charge in [0.15, 0.2) is 0 Å². The molecule has 8 heavy (non-hydrogen) atoms. The molecule has 0 aromatic heterocycles. The third-order valence-electron chi connectivity index (χ3n) is 0. The van der Waals surface area contributed by atoms with E-state index in [0.29, 0.717) is 0 Å². The Morgan fingerprint density at radius 2 is 1.25 bits per heavy atom. The molecule has 0 saturated carbocycles. The van der Waals surface area contributed by atoms with Crippen LogP contribution in [0.4, 0.5) is 4.20 Å². The van der Waals surface area contributed by atoms with Gasteiger partial charge in [-0.05, 0) is 0 Å². The molecule has 3 N–H and O–H groups in total. The van der Waals surface area contributed by atoms with Crippen molar-refractivity contribution in [2.24, 2.45) is 0 Å². The molecule has 0 aliphatic heterocycles. The molecule has 0 aliphatic rings. The SMILES string of the molecule is FP.[Na+].[O-][Si](O)(O)O. The van der Waals surface area contributed by atoms with Gasteiger partial charge in [0.25, 0.3) is 0 Å². The van der Waals surface area contributed by atoms with Gasteiger partial charge < -0.3 is 19.2 Å². The topological polar surface area (TPSA) is 83.8 Å². The van der Waals surface area contributed by atoms with E-state index in [-0.39, 0.29) is 29.6 Å². The van der Waals surface area contributed by atoms with Crippen molar-refractivity contribution in [3.63, 3.8) is 0 Å². The molecule has 0 spiro atoms. The first-order valence-electron chi connectivity index (χ1n) is 1.09. The van der Waals surface area contributed by atoms with E-state index < -0.39 is 9.05 Å². The Kier molecular flexibility index (Phi) is 17.0. The first-order chi connectivity index (χ1) is 3.00. The van der Waals surface area contributed by atoms with Crippen molar-refractivity contribution >= 4 is 18.6 Å². The van der Waals surface area contributed by atoms with E-state index in [2.05, 4.69) is 0 Å². The van der Waals surface area contributed by atoms with E-state index >= 15 is 0 Å². The van der Waals surface area contributed by atoms with E-state index in [1.54, 1.807) is 0 Å². The summed E-state index contributed by atoms with van der Waals surface area (Å²) in [5, 5.41) is 0. The minimum Gasteiger partial charge on any atom is -0.794 e. The van der Waals surface area contributed by atoms with Gasteiger partial charge in [-0.15, -0.1) is 0 Å². The van der Waals surface area contributed by atoms with Crippen LogP contribution in [0, 0.1) is 0 Å². The molecule has 0 aliphatic carbocycles. The van der Waals surface area contributed by atoms with Crippen molar-refractivity contribution in [2.45, 2.75) is 0 Å². The predicted octanol–water partition coefficient (Wildman–Crippen LogP) is -5.49. The van der Waals surface area contributed by atoms with Crippen molar-refractivity contribution in [3.05, 3.63) is 0 Å². The molecule has 0 amide bonds. The van der Waals surface area contributed by atoms with Gasteiger partial charge in [-0.25, -0.2) is 4.20 Å². The Morgan fingerprint density at radius 1 is 1.25 bits per heavy atom. The third-order valence-corrected chi connectivity index (χ3v) is 0. The fourth-order valence-electron chi connectivity index (χ4n) is 0. The van der Waals surface area contributed by atoms with Crippen LogP contribution in [-0.4, -0.2) is 23.4 Å². The molecule has 8 heteroatoms. The summed E-state index contributed by atoms with van der Waals surface area (Å²) in [5.74, 6) is 0. The Bertz CT molecular complexity index is 31.5. The molecule has 0 aromatic carbocycles. The Hall–Kier alpha value is 1.42. The molecular formula is H5FNaO4PSi. The Labute approximate surface area is 71.5 Å². The Morgan fingerprint density at radius 3 is 1.25 bits per heavy atom. The van der Waals surface area contributed by atoms with Crippen LogP contribution < -0.4 is 34.4 Å². The fourth-order valence-corrected chi connectivity index (χ4v) is 0. The molecule has 0 saturated heterocycles. The van der Waals surface area contributed by atoms with Gasteiger partial charge in [0, 0.05) is 0 Å². The average molecular weight is 170 g/mol. The van der Waals surface area contributed by atoms with Crippen LogP contribution in [0.1, 0.15) is 0 Å². The van der Waals surface area contributed by atoms with Gasteiger partial charge in [-0.2, -0.15) is 0 Å². The van der Waals surface area contributed by atoms with Gasteiger partial charge >= 0.3 is 38.6 Å². The third kappa shape index (κ3) is 152. The van der Waals surface area contributed by atoms with Gasteiger partial charge in [-0.3, -0.25) is 0 Å². The van der Waals surface area contributed by atoms with E-state index in [1.165, 1.54) is 0 Å². The number of hydrogen-bond donors (Lipinski definition) is 3. The van der Waals surface area contributed by atoms with Crippen molar-refractivity contribution < 1.29 is 52.9 Å². The van der Waals surface area contributed by atoms with Crippen molar-refractivity contribution in [2.75, 3.05) is 0 Å². The zero-order valence-corrected chi connectivity index (χ0v) is 8.36. The average Bonchev–Trinajstić information content (AvgIpc) is 1.36. The van der Waals surface area contributed by atoms with E-state index in [9.17, 15) is 4.20 Å². The van der Waals surface area contributed by atoms with Crippen LogP contribution in [0.2, 0.25) is 0 Å². The van der Waals surface area contributed by atoms with Gasteiger partial charge in [0.05, 0.1) is 9.55 Å². The first-order valence-corrected chi connectivity index (χ1v) is 3.28. The van der Waals surface area contributed by atoms with Gasteiger partial charge in [0.2, 0.25) is 0 Å². The molecule has 0 heterocycles. The normalized spacial score (nSPS) is 8.25. The summed E-state index contributed by atoms with van der Waals surface area (Å²) >= 11 is 0. The fraction of sp³-hybridized carbons (Fsp3) is 0. The minimum absolute atomic E-state index is 0.